The fourth-order valence-electron chi connectivity index (χ4n) is 2.40. The Morgan fingerprint density at radius 2 is 1.91 bits per heavy atom. The molecule has 1 aromatic heterocycles. The summed E-state index contributed by atoms with van der Waals surface area (Å²) in [5, 5.41) is 9.07. The van der Waals surface area contributed by atoms with Gasteiger partial charge in [0, 0.05) is 25.4 Å². The second-order valence-electron chi connectivity index (χ2n) is 5.59. The van der Waals surface area contributed by atoms with Crippen LogP contribution in [0.1, 0.15) is 39.6 Å². The number of hydrogen-bond donors (Lipinski definition) is 2. The number of H-pyrrole nitrogens is 1. The van der Waals surface area contributed by atoms with E-state index < -0.39 is 0 Å². The van der Waals surface area contributed by atoms with Gasteiger partial charge in [0.2, 0.25) is 0 Å². The van der Waals surface area contributed by atoms with Gasteiger partial charge in [-0.2, -0.15) is 0 Å². The molecule has 0 saturated heterocycles. The zero-order valence-electron chi connectivity index (χ0n) is 13.4. The van der Waals surface area contributed by atoms with Gasteiger partial charge >= 0.3 is 0 Å². The normalized spacial score (nSPS) is 10.7. The molecule has 0 aliphatic heterocycles. The molecule has 1 heterocycles. The van der Waals surface area contributed by atoms with Crippen molar-refractivity contribution in [1.82, 2.24) is 14.9 Å². The van der Waals surface area contributed by atoms with Crippen LogP contribution in [0, 0.1) is 20.8 Å². The Morgan fingerprint density at radius 1 is 1.23 bits per heavy atom. The summed E-state index contributed by atoms with van der Waals surface area (Å²) in [4.78, 5) is 21.8. The summed E-state index contributed by atoms with van der Waals surface area (Å²) in [6.45, 7) is 6.81. The SMILES string of the molecule is Cc1ccc(CN(CCCO)C(=O)c2nc(C)[nH]c2C)cc1. The minimum atomic E-state index is -0.101. The third-order valence-corrected chi connectivity index (χ3v) is 3.57. The van der Waals surface area contributed by atoms with Crippen LogP contribution in [0.3, 0.4) is 0 Å². The maximum absolute atomic E-state index is 12.7. The summed E-state index contributed by atoms with van der Waals surface area (Å²) in [5.74, 6) is 0.633. The lowest BCUT2D eigenvalue weighted by Crippen LogP contribution is -2.32. The molecule has 22 heavy (non-hydrogen) atoms. The van der Waals surface area contributed by atoms with E-state index in [0.29, 0.717) is 25.2 Å². The van der Waals surface area contributed by atoms with Gasteiger partial charge in [0.05, 0.1) is 0 Å². The maximum Gasteiger partial charge on any atom is 0.274 e. The Kier molecular flexibility index (Phi) is 5.33. The van der Waals surface area contributed by atoms with Gasteiger partial charge in [-0.25, -0.2) is 4.98 Å². The first-order chi connectivity index (χ1) is 10.5. The van der Waals surface area contributed by atoms with E-state index in [2.05, 4.69) is 9.97 Å². The Morgan fingerprint density at radius 3 is 2.45 bits per heavy atom. The van der Waals surface area contributed by atoms with Crippen LogP contribution in [-0.2, 0) is 6.54 Å². The van der Waals surface area contributed by atoms with Crippen LogP contribution < -0.4 is 0 Å². The minimum absolute atomic E-state index is 0.0657. The predicted molar refractivity (Wildman–Crippen MR) is 85.7 cm³/mol. The van der Waals surface area contributed by atoms with Gasteiger partial charge in [-0.05, 0) is 32.8 Å². The Hall–Kier alpha value is -2.14. The third kappa shape index (κ3) is 3.95. The van der Waals surface area contributed by atoms with Gasteiger partial charge in [0.15, 0.2) is 0 Å². The second kappa shape index (κ2) is 7.22. The van der Waals surface area contributed by atoms with Crippen molar-refractivity contribution in [1.29, 1.82) is 0 Å². The highest BCUT2D eigenvalue weighted by Crippen LogP contribution is 2.13. The molecule has 2 N–H and O–H groups in total. The van der Waals surface area contributed by atoms with Crippen molar-refractivity contribution in [3.63, 3.8) is 0 Å². The van der Waals surface area contributed by atoms with Gasteiger partial charge in [-0.15, -0.1) is 0 Å². The van der Waals surface area contributed by atoms with Crippen LogP contribution in [0.15, 0.2) is 24.3 Å². The molecule has 2 rings (SSSR count). The van der Waals surface area contributed by atoms with Crippen LogP contribution in [0.2, 0.25) is 0 Å². The zero-order chi connectivity index (χ0) is 16.1. The standard InChI is InChI=1S/C17H23N3O2/c1-12-5-7-15(8-6-12)11-20(9-4-10-21)17(22)16-13(2)18-14(3)19-16/h5-8,21H,4,9-11H2,1-3H3,(H,18,19). The van der Waals surface area contributed by atoms with E-state index >= 15 is 0 Å². The Labute approximate surface area is 131 Å². The van der Waals surface area contributed by atoms with Crippen molar-refractivity contribution in [2.75, 3.05) is 13.2 Å². The van der Waals surface area contributed by atoms with Gasteiger partial charge in [0.1, 0.15) is 11.5 Å². The molecule has 2 aromatic rings. The number of carbonyl (C=O) groups is 1. The van der Waals surface area contributed by atoms with Crippen LogP contribution >= 0.6 is 0 Å². The Balaban J connectivity index is 2.19. The maximum atomic E-state index is 12.7. The number of aliphatic hydroxyl groups excluding tert-OH is 1. The molecule has 0 aliphatic rings. The molecule has 0 spiro atoms. The largest absolute Gasteiger partial charge is 0.396 e. The zero-order valence-corrected chi connectivity index (χ0v) is 13.4. The average molecular weight is 301 g/mol. The molecule has 0 saturated carbocycles. The smallest absolute Gasteiger partial charge is 0.274 e. The summed E-state index contributed by atoms with van der Waals surface area (Å²) in [6, 6.07) is 8.12. The summed E-state index contributed by atoms with van der Waals surface area (Å²) >= 11 is 0. The van der Waals surface area contributed by atoms with Gasteiger partial charge in [-0.3, -0.25) is 4.79 Å². The van der Waals surface area contributed by atoms with Crippen molar-refractivity contribution >= 4 is 5.91 Å². The van der Waals surface area contributed by atoms with Crippen LogP contribution in [-0.4, -0.2) is 39.0 Å². The highest BCUT2D eigenvalue weighted by Gasteiger charge is 2.20. The number of aromatic nitrogens is 2. The number of aryl methyl sites for hydroxylation is 3. The molecule has 0 unspecified atom stereocenters. The molecular formula is C17H23N3O2. The number of amides is 1. The molecule has 0 aliphatic carbocycles. The van der Waals surface area contributed by atoms with E-state index in [1.54, 1.807) is 4.90 Å². The number of carbonyl (C=O) groups excluding carboxylic acids is 1. The highest BCUT2D eigenvalue weighted by molar-refractivity contribution is 5.93. The summed E-state index contributed by atoms with van der Waals surface area (Å²) < 4.78 is 0. The first kappa shape index (κ1) is 16.2. The number of aromatic amines is 1. The fraction of sp³-hybridized carbons (Fsp3) is 0.412. The molecule has 0 atom stereocenters. The molecule has 0 radical (unpaired) electrons. The Bertz CT molecular complexity index is 632. The monoisotopic (exact) mass is 301 g/mol. The van der Waals surface area contributed by atoms with E-state index in [9.17, 15) is 4.79 Å². The predicted octanol–water partition coefficient (Wildman–Crippen LogP) is 2.36. The first-order valence-electron chi connectivity index (χ1n) is 7.50. The van der Waals surface area contributed by atoms with Crippen molar-refractivity contribution in [3.8, 4) is 0 Å². The molecule has 1 aromatic carbocycles. The first-order valence-corrected chi connectivity index (χ1v) is 7.50. The van der Waals surface area contributed by atoms with E-state index in [4.69, 9.17) is 5.11 Å². The molecule has 0 bridgehead atoms. The summed E-state index contributed by atoms with van der Waals surface area (Å²) in [6.07, 6.45) is 0.556. The average Bonchev–Trinajstić information content (AvgIpc) is 2.83. The van der Waals surface area contributed by atoms with Gasteiger partial charge in [0.25, 0.3) is 5.91 Å². The van der Waals surface area contributed by atoms with Gasteiger partial charge in [-0.1, -0.05) is 29.8 Å². The second-order valence-corrected chi connectivity index (χ2v) is 5.59. The summed E-state index contributed by atoms with van der Waals surface area (Å²) in [7, 11) is 0. The number of nitrogens with one attached hydrogen (secondary N) is 1. The van der Waals surface area contributed by atoms with Gasteiger partial charge < -0.3 is 15.0 Å². The van der Waals surface area contributed by atoms with Crippen molar-refractivity contribution in [3.05, 3.63) is 52.6 Å². The molecule has 1 amide bonds. The van der Waals surface area contributed by atoms with Crippen molar-refractivity contribution in [2.24, 2.45) is 0 Å². The number of benzene rings is 1. The molecular weight excluding hydrogens is 278 g/mol. The topological polar surface area (TPSA) is 69.2 Å². The number of imidazole rings is 1. The lowest BCUT2D eigenvalue weighted by molar-refractivity contribution is 0.0725. The van der Waals surface area contributed by atoms with E-state index in [1.165, 1.54) is 5.56 Å². The minimum Gasteiger partial charge on any atom is -0.396 e. The lowest BCUT2D eigenvalue weighted by atomic mass is 10.1. The van der Waals surface area contributed by atoms with Crippen LogP contribution in [0.5, 0.6) is 0 Å². The molecule has 118 valence electrons. The highest BCUT2D eigenvalue weighted by atomic mass is 16.3. The van der Waals surface area contributed by atoms with Crippen molar-refractivity contribution in [2.45, 2.75) is 33.7 Å². The van der Waals surface area contributed by atoms with E-state index in [1.807, 2.05) is 45.0 Å². The molecule has 0 fully saturated rings. The van der Waals surface area contributed by atoms with E-state index in [0.717, 1.165) is 17.1 Å². The molecule has 5 heteroatoms. The van der Waals surface area contributed by atoms with E-state index in [-0.39, 0.29) is 12.5 Å². The lowest BCUT2D eigenvalue weighted by Gasteiger charge is -2.22. The number of rotatable bonds is 6. The van der Waals surface area contributed by atoms with Crippen LogP contribution in [0.4, 0.5) is 0 Å². The number of nitrogens with zero attached hydrogens (tertiary/aromatic N) is 2. The third-order valence-electron chi connectivity index (χ3n) is 3.57. The molecule has 5 nitrogen and oxygen atoms in total. The number of hydrogen-bond acceptors (Lipinski definition) is 3. The summed E-state index contributed by atoms with van der Waals surface area (Å²) in [5.41, 5.74) is 3.50. The van der Waals surface area contributed by atoms with Crippen molar-refractivity contribution < 1.29 is 9.90 Å². The number of aliphatic hydroxyl groups is 1. The van der Waals surface area contributed by atoms with Crippen LogP contribution in [0.25, 0.3) is 0 Å². The fourth-order valence-corrected chi connectivity index (χ4v) is 2.40. The quantitative estimate of drug-likeness (QED) is 0.860.